The van der Waals surface area contributed by atoms with Crippen molar-refractivity contribution in [2.45, 2.75) is 57.5 Å². The number of hydrogen-bond acceptors (Lipinski definition) is 4. The first-order chi connectivity index (χ1) is 12.8. The molecule has 26 heavy (non-hydrogen) atoms. The van der Waals surface area contributed by atoms with E-state index >= 15 is 0 Å². The number of carbonyl (C=O) groups excluding carboxylic acids is 1. The van der Waals surface area contributed by atoms with Gasteiger partial charge in [-0.05, 0) is 50.3 Å². The quantitative estimate of drug-likeness (QED) is 0.891. The van der Waals surface area contributed by atoms with E-state index in [2.05, 4.69) is 27.2 Å². The van der Waals surface area contributed by atoms with Gasteiger partial charge >= 0.3 is 0 Å². The van der Waals surface area contributed by atoms with Gasteiger partial charge in [0, 0.05) is 25.5 Å². The average molecular weight is 353 g/mol. The molecule has 2 aromatic rings. The molecule has 2 fully saturated rings. The van der Waals surface area contributed by atoms with Crippen LogP contribution in [0, 0.1) is 0 Å². The van der Waals surface area contributed by atoms with Crippen LogP contribution in [-0.4, -0.2) is 38.7 Å². The Morgan fingerprint density at radius 1 is 1.12 bits per heavy atom. The summed E-state index contributed by atoms with van der Waals surface area (Å²) in [5.41, 5.74) is 1.64. The van der Waals surface area contributed by atoms with Crippen molar-refractivity contribution in [3.63, 3.8) is 0 Å². The standard InChI is InChI=1S/C20H27N5O/c26-20(24-12-4-1-5-13-24)18-9-6-11-21-19(18)22-15-16-10-14-25(23-16)17-7-2-3-8-17/h6,9-11,14,17H,1-5,7-8,12-13,15H2,(H,21,22). The molecule has 0 unspecified atom stereocenters. The lowest BCUT2D eigenvalue weighted by Crippen LogP contribution is -2.36. The van der Waals surface area contributed by atoms with E-state index in [1.807, 2.05) is 17.0 Å². The molecular formula is C20H27N5O. The van der Waals surface area contributed by atoms with Gasteiger partial charge in [-0.3, -0.25) is 9.48 Å². The SMILES string of the molecule is O=C(c1cccnc1NCc1ccn(C2CCCC2)n1)N1CCCCC1. The maximum Gasteiger partial charge on any atom is 0.257 e. The fourth-order valence-electron chi connectivity index (χ4n) is 4.00. The van der Waals surface area contributed by atoms with Crippen LogP contribution >= 0.6 is 0 Å². The predicted octanol–water partition coefficient (Wildman–Crippen LogP) is 3.63. The molecule has 0 radical (unpaired) electrons. The minimum absolute atomic E-state index is 0.0804. The van der Waals surface area contributed by atoms with Crippen molar-refractivity contribution in [3.8, 4) is 0 Å². The summed E-state index contributed by atoms with van der Waals surface area (Å²) in [4.78, 5) is 19.2. The van der Waals surface area contributed by atoms with Gasteiger partial charge in [-0.25, -0.2) is 4.98 Å². The minimum atomic E-state index is 0.0804. The van der Waals surface area contributed by atoms with Crippen molar-refractivity contribution in [2.24, 2.45) is 0 Å². The molecule has 2 aromatic heterocycles. The number of hydrogen-bond donors (Lipinski definition) is 1. The number of rotatable bonds is 5. The monoisotopic (exact) mass is 353 g/mol. The zero-order chi connectivity index (χ0) is 17.8. The highest BCUT2D eigenvalue weighted by atomic mass is 16.2. The molecule has 0 bridgehead atoms. The minimum Gasteiger partial charge on any atom is -0.364 e. The van der Waals surface area contributed by atoms with Crippen LogP contribution in [-0.2, 0) is 6.54 Å². The Balaban J connectivity index is 1.42. The highest BCUT2D eigenvalue weighted by molar-refractivity contribution is 5.98. The van der Waals surface area contributed by atoms with Crippen molar-refractivity contribution in [1.82, 2.24) is 19.7 Å². The average Bonchev–Trinajstić information content (AvgIpc) is 3.38. The third-order valence-corrected chi connectivity index (χ3v) is 5.48. The molecule has 6 nitrogen and oxygen atoms in total. The first-order valence-electron chi connectivity index (χ1n) is 9.83. The number of anilines is 1. The summed E-state index contributed by atoms with van der Waals surface area (Å²) in [7, 11) is 0. The smallest absolute Gasteiger partial charge is 0.257 e. The van der Waals surface area contributed by atoms with Gasteiger partial charge in [-0.15, -0.1) is 0 Å². The molecular weight excluding hydrogens is 326 g/mol. The van der Waals surface area contributed by atoms with Crippen LogP contribution in [0.25, 0.3) is 0 Å². The molecule has 1 N–H and O–H groups in total. The van der Waals surface area contributed by atoms with Crippen molar-refractivity contribution in [3.05, 3.63) is 41.9 Å². The van der Waals surface area contributed by atoms with Gasteiger partial charge in [0.05, 0.1) is 23.8 Å². The zero-order valence-corrected chi connectivity index (χ0v) is 15.2. The van der Waals surface area contributed by atoms with Crippen molar-refractivity contribution >= 4 is 11.7 Å². The Labute approximate surface area is 154 Å². The number of nitrogens with one attached hydrogen (secondary N) is 1. The van der Waals surface area contributed by atoms with Crippen LogP contribution < -0.4 is 5.32 Å². The lowest BCUT2D eigenvalue weighted by atomic mass is 10.1. The van der Waals surface area contributed by atoms with Gasteiger partial charge in [0.1, 0.15) is 5.82 Å². The highest BCUT2D eigenvalue weighted by Gasteiger charge is 2.21. The zero-order valence-electron chi connectivity index (χ0n) is 15.2. The van der Waals surface area contributed by atoms with Crippen molar-refractivity contribution in [2.75, 3.05) is 18.4 Å². The number of amides is 1. The van der Waals surface area contributed by atoms with E-state index in [-0.39, 0.29) is 5.91 Å². The summed E-state index contributed by atoms with van der Waals surface area (Å²) in [6.07, 6.45) is 12.2. The largest absolute Gasteiger partial charge is 0.364 e. The Morgan fingerprint density at radius 3 is 2.73 bits per heavy atom. The molecule has 4 rings (SSSR count). The second kappa shape index (κ2) is 7.89. The third kappa shape index (κ3) is 3.74. The highest BCUT2D eigenvalue weighted by Crippen LogP contribution is 2.28. The summed E-state index contributed by atoms with van der Waals surface area (Å²) in [5.74, 6) is 0.732. The van der Waals surface area contributed by atoms with Crippen LogP contribution in [0.5, 0.6) is 0 Å². The molecule has 1 aliphatic heterocycles. The molecule has 3 heterocycles. The number of carbonyl (C=O) groups is 1. The lowest BCUT2D eigenvalue weighted by molar-refractivity contribution is 0.0725. The first-order valence-corrected chi connectivity index (χ1v) is 9.83. The molecule has 1 aliphatic carbocycles. The summed E-state index contributed by atoms with van der Waals surface area (Å²) in [6, 6.07) is 6.30. The number of piperidine rings is 1. The van der Waals surface area contributed by atoms with E-state index in [1.165, 1.54) is 32.1 Å². The normalized spacial score (nSPS) is 18.2. The first kappa shape index (κ1) is 17.1. The van der Waals surface area contributed by atoms with E-state index < -0.39 is 0 Å². The fraction of sp³-hybridized carbons (Fsp3) is 0.550. The topological polar surface area (TPSA) is 63.1 Å². The summed E-state index contributed by atoms with van der Waals surface area (Å²) < 4.78 is 2.10. The maximum absolute atomic E-state index is 12.8. The predicted molar refractivity (Wildman–Crippen MR) is 101 cm³/mol. The molecule has 1 amide bonds. The summed E-state index contributed by atoms with van der Waals surface area (Å²) in [5, 5.41) is 8.02. The van der Waals surface area contributed by atoms with E-state index in [9.17, 15) is 4.79 Å². The molecule has 138 valence electrons. The Kier molecular flexibility index (Phi) is 5.18. The Morgan fingerprint density at radius 2 is 1.92 bits per heavy atom. The van der Waals surface area contributed by atoms with Crippen LogP contribution in [0.4, 0.5) is 5.82 Å². The Hall–Kier alpha value is -2.37. The van der Waals surface area contributed by atoms with Gasteiger partial charge in [-0.1, -0.05) is 12.8 Å². The maximum atomic E-state index is 12.8. The van der Waals surface area contributed by atoms with Crippen molar-refractivity contribution < 1.29 is 4.79 Å². The fourth-order valence-corrected chi connectivity index (χ4v) is 4.00. The van der Waals surface area contributed by atoms with E-state index in [0.29, 0.717) is 24.0 Å². The van der Waals surface area contributed by atoms with Crippen LogP contribution in [0.2, 0.25) is 0 Å². The molecule has 0 aromatic carbocycles. The van der Waals surface area contributed by atoms with Crippen molar-refractivity contribution in [1.29, 1.82) is 0 Å². The molecule has 2 aliphatic rings. The van der Waals surface area contributed by atoms with Crippen LogP contribution in [0.1, 0.15) is 67.0 Å². The van der Waals surface area contributed by atoms with Gasteiger partial charge < -0.3 is 10.2 Å². The van der Waals surface area contributed by atoms with Gasteiger partial charge in [-0.2, -0.15) is 5.10 Å². The molecule has 6 heteroatoms. The summed E-state index contributed by atoms with van der Waals surface area (Å²) in [6.45, 7) is 2.27. The summed E-state index contributed by atoms with van der Waals surface area (Å²) >= 11 is 0. The molecule has 1 saturated carbocycles. The third-order valence-electron chi connectivity index (χ3n) is 5.48. The number of pyridine rings is 1. The molecule has 0 spiro atoms. The molecule has 1 saturated heterocycles. The van der Waals surface area contributed by atoms with Crippen LogP contribution in [0.15, 0.2) is 30.6 Å². The van der Waals surface area contributed by atoms with Gasteiger partial charge in [0.15, 0.2) is 0 Å². The van der Waals surface area contributed by atoms with E-state index in [0.717, 1.165) is 31.6 Å². The number of likely N-dealkylation sites (tertiary alicyclic amines) is 1. The second-order valence-electron chi connectivity index (χ2n) is 7.33. The van der Waals surface area contributed by atoms with E-state index in [1.54, 1.807) is 6.20 Å². The second-order valence-corrected chi connectivity index (χ2v) is 7.33. The van der Waals surface area contributed by atoms with Gasteiger partial charge in [0.2, 0.25) is 0 Å². The number of aromatic nitrogens is 3. The number of nitrogens with zero attached hydrogens (tertiary/aromatic N) is 4. The van der Waals surface area contributed by atoms with Crippen LogP contribution in [0.3, 0.4) is 0 Å². The van der Waals surface area contributed by atoms with Gasteiger partial charge in [0.25, 0.3) is 5.91 Å². The lowest BCUT2D eigenvalue weighted by Gasteiger charge is -2.27. The Bertz CT molecular complexity index is 744. The molecule has 0 atom stereocenters. The van der Waals surface area contributed by atoms with E-state index in [4.69, 9.17) is 5.10 Å².